The third kappa shape index (κ3) is 6.37. The van der Waals surface area contributed by atoms with Gasteiger partial charge in [-0.25, -0.2) is 4.18 Å². The lowest BCUT2D eigenvalue weighted by molar-refractivity contribution is -0.0196. The maximum Gasteiger partial charge on any atom is 0.269 e. The van der Waals surface area contributed by atoms with Gasteiger partial charge in [-0.15, -0.1) is 0 Å². The fraction of sp³-hybridized carbons (Fsp3) is 1.00. The first-order valence-electron chi connectivity index (χ1n) is 2.79. The SMILES string of the molecule is CCCC(O)OS(=O)(O)=S. The van der Waals surface area contributed by atoms with Crippen molar-refractivity contribution >= 4 is 20.2 Å². The summed E-state index contributed by atoms with van der Waals surface area (Å²) in [5, 5.41) is 8.76. The molecular weight excluding hydrogens is 176 g/mol. The van der Waals surface area contributed by atoms with Crippen molar-refractivity contribution in [1.82, 2.24) is 0 Å². The van der Waals surface area contributed by atoms with Gasteiger partial charge in [0.05, 0.1) is 0 Å². The largest absolute Gasteiger partial charge is 0.367 e. The Bertz CT molecular complexity index is 174. The Labute approximate surface area is 64.9 Å². The van der Waals surface area contributed by atoms with Gasteiger partial charge in [-0.1, -0.05) is 13.3 Å². The Morgan fingerprint density at radius 1 is 1.80 bits per heavy atom. The molecule has 0 fully saturated rings. The highest BCUT2D eigenvalue weighted by molar-refractivity contribution is 8.27. The van der Waals surface area contributed by atoms with Crippen LogP contribution in [0.3, 0.4) is 0 Å². The van der Waals surface area contributed by atoms with Gasteiger partial charge in [-0.3, -0.25) is 4.55 Å². The van der Waals surface area contributed by atoms with Crippen molar-refractivity contribution in [3.63, 3.8) is 0 Å². The summed E-state index contributed by atoms with van der Waals surface area (Å²) in [6.07, 6.45) is -0.236. The summed E-state index contributed by atoms with van der Waals surface area (Å²) in [5.41, 5.74) is 0. The van der Waals surface area contributed by atoms with Crippen molar-refractivity contribution in [3.8, 4) is 0 Å². The van der Waals surface area contributed by atoms with Crippen LogP contribution in [-0.2, 0) is 24.4 Å². The van der Waals surface area contributed by atoms with E-state index in [2.05, 4.69) is 15.4 Å². The molecule has 0 heterocycles. The zero-order valence-corrected chi connectivity index (χ0v) is 7.15. The van der Waals surface area contributed by atoms with Crippen LogP contribution in [0.5, 0.6) is 0 Å². The van der Waals surface area contributed by atoms with Gasteiger partial charge in [0.25, 0.3) is 9.05 Å². The van der Waals surface area contributed by atoms with E-state index in [0.717, 1.165) is 0 Å². The van der Waals surface area contributed by atoms with E-state index < -0.39 is 15.3 Å². The second-order valence-electron chi connectivity index (χ2n) is 1.77. The fourth-order valence-corrected chi connectivity index (χ4v) is 1.08. The first-order chi connectivity index (χ1) is 4.45. The molecule has 62 valence electrons. The number of rotatable bonds is 4. The smallest absolute Gasteiger partial charge is 0.269 e. The lowest BCUT2D eigenvalue weighted by Crippen LogP contribution is -2.15. The predicted octanol–water partition coefficient (Wildman–Crippen LogP) is 0.256. The molecule has 0 saturated heterocycles. The van der Waals surface area contributed by atoms with Gasteiger partial charge >= 0.3 is 0 Å². The summed E-state index contributed by atoms with van der Waals surface area (Å²) in [5.74, 6) is 0. The Kier molecular flexibility index (Phi) is 4.30. The van der Waals surface area contributed by atoms with Crippen LogP contribution in [0.1, 0.15) is 19.8 Å². The highest BCUT2D eigenvalue weighted by Crippen LogP contribution is 2.01. The molecule has 6 heteroatoms. The maximum atomic E-state index is 10.3. The normalized spacial score (nSPS) is 19.9. The quantitative estimate of drug-likeness (QED) is 0.616. The van der Waals surface area contributed by atoms with E-state index in [1.807, 2.05) is 6.92 Å². The molecule has 4 nitrogen and oxygen atoms in total. The number of hydrogen-bond acceptors (Lipinski definition) is 4. The van der Waals surface area contributed by atoms with Crippen molar-refractivity contribution in [2.24, 2.45) is 0 Å². The average Bonchev–Trinajstić information content (AvgIpc) is 1.59. The monoisotopic (exact) mass is 186 g/mol. The molecule has 0 aromatic rings. The molecule has 0 aromatic carbocycles. The summed E-state index contributed by atoms with van der Waals surface area (Å²) in [6.45, 7) is 1.81. The van der Waals surface area contributed by atoms with Gasteiger partial charge in [0.15, 0.2) is 6.29 Å². The molecule has 0 rings (SSSR count). The summed E-state index contributed by atoms with van der Waals surface area (Å²) in [6, 6.07) is 0. The number of hydrogen-bond donors (Lipinski definition) is 2. The van der Waals surface area contributed by atoms with Crippen LogP contribution in [0.25, 0.3) is 0 Å². The zero-order chi connectivity index (χ0) is 8.20. The molecule has 0 aliphatic rings. The molecule has 0 radical (unpaired) electrons. The van der Waals surface area contributed by atoms with Gasteiger partial charge < -0.3 is 5.11 Å². The van der Waals surface area contributed by atoms with Crippen LogP contribution in [0, 0.1) is 0 Å². The Morgan fingerprint density at radius 3 is 2.60 bits per heavy atom. The molecule has 0 spiro atoms. The molecule has 2 unspecified atom stereocenters. The van der Waals surface area contributed by atoms with Crippen molar-refractivity contribution in [1.29, 1.82) is 0 Å². The highest BCUT2D eigenvalue weighted by Gasteiger charge is 2.08. The van der Waals surface area contributed by atoms with Gasteiger partial charge in [0.1, 0.15) is 0 Å². The fourth-order valence-electron chi connectivity index (χ4n) is 0.435. The lowest BCUT2D eigenvalue weighted by Gasteiger charge is -2.07. The first-order valence-corrected chi connectivity index (χ1v) is 5.16. The van der Waals surface area contributed by atoms with E-state index in [9.17, 15) is 4.21 Å². The van der Waals surface area contributed by atoms with E-state index >= 15 is 0 Å². The maximum absolute atomic E-state index is 10.3. The minimum Gasteiger partial charge on any atom is -0.367 e. The summed E-state index contributed by atoms with van der Waals surface area (Å²) < 4.78 is 22.8. The van der Waals surface area contributed by atoms with Crippen LogP contribution < -0.4 is 0 Å². The average molecular weight is 186 g/mol. The molecule has 10 heavy (non-hydrogen) atoms. The van der Waals surface area contributed by atoms with Gasteiger partial charge in [-0.05, 0) is 6.42 Å². The highest BCUT2D eigenvalue weighted by atomic mass is 32.9. The Morgan fingerprint density at radius 2 is 2.30 bits per heavy atom. The van der Waals surface area contributed by atoms with Crippen molar-refractivity contribution in [2.75, 3.05) is 0 Å². The molecule has 0 aliphatic heterocycles. The second-order valence-corrected chi connectivity index (χ2v) is 4.08. The topological polar surface area (TPSA) is 66.8 Å². The van der Waals surface area contributed by atoms with E-state index in [1.54, 1.807) is 0 Å². The van der Waals surface area contributed by atoms with Gasteiger partial charge in [-0.2, -0.15) is 4.21 Å². The van der Waals surface area contributed by atoms with Crippen molar-refractivity contribution in [2.45, 2.75) is 26.1 Å². The molecule has 0 aromatic heterocycles. The van der Waals surface area contributed by atoms with Crippen molar-refractivity contribution in [3.05, 3.63) is 0 Å². The van der Waals surface area contributed by atoms with E-state index in [-0.39, 0.29) is 0 Å². The summed E-state index contributed by atoms with van der Waals surface area (Å²) in [4.78, 5) is 0. The van der Waals surface area contributed by atoms with Gasteiger partial charge in [0.2, 0.25) is 0 Å². The van der Waals surface area contributed by atoms with Crippen LogP contribution in [0.4, 0.5) is 0 Å². The minimum atomic E-state index is -3.66. The molecular formula is C4H10O4S2. The van der Waals surface area contributed by atoms with Crippen molar-refractivity contribution < 1.29 is 18.1 Å². The van der Waals surface area contributed by atoms with Crippen LogP contribution >= 0.6 is 0 Å². The Hall–Kier alpha value is 0.250. The van der Waals surface area contributed by atoms with Gasteiger partial charge in [0, 0.05) is 11.2 Å². The zero-order valence-electron chi connectivity index (χ0n) is 5.52. The van der Waals surface area contributed by atoms with Crippen LogP contribution in [0.2, 0.25) is 0 Å². The third-order valence-corrected chi connectivity index (χ3v) is 1.47. The molecule has 0 aliphatic carbocycles. The summed E-state index contributed by atoms with van der Waals surface area (Å²) in [7, 11) is -3.66. The molecule has 0 amide bonds. The molecule has 0 saturated carbocycles. The second kappa shape index (κ2) is 4.20. The van der Waals surface area contributed by atoms with E-state index in [4.69, 9.17) is 9.66 Å². The molecule has 2 atom stereocenters. The van der Waals surface area contributed by atoms with Crippen LogP contribution in [-0.4, -0.2) is 20.2 Å². The number of aliphatic hydroxyl groups is 1. The Balaban J connectivity index is 3.69. The minimum absolute atomic E-state index is 0.314. The van der Waals surface area contributed by atoms with Crippen LogP contribution in [0.15, 0.2) is 0 Å². The molecule has 0 bridgehead atoms. The third-order valence-electron chi connectivity index (χ3n) is 0.768. The van der Waals surface area contributed by atoms with E-state index in [0.29, 0.717) is 12.8 Å². The molecule has 2 N–H and O–H groups in total. The number of aliphatic hydroxyl groups excluding tert-OH is 1. The predicted molar refractivity (Wildman–Crippen MR) is 40.1 cm³/mol. The lowest BCUT2D eigenvalue weighted by atomic mass is 10.3. The standard InChI is InChI=1S/C4H10O4S2/c1-2-3-4(5)8-10(6,7)9/h4-5H,2-3H2,1H3,(H,6,7,9). The van der Waals surface area contributed by atoms with E-state index in [1.165, 1.54) is 0 Å². The summed E-state index contributed by atoms with van der Waals surface area (Å²) >= 11 is 3.98. The first kappa shape index (κ1) is 10.2.